The van der Waals surface area contributed by atoms with Gasteiger partial charge in [-0.05, 0) is 117 Å². The lowest BCUT2D eigenvalue weighted by atomic mass is 9.85. The van der Waals surface area contributed by atoms with Crippen molar-refractivity contribution in [2.45, 2.75) is 57.5 Å². The Kier molecular flexibility index (Phi) is 7.91. The molecular formula is C38H42N4O. The molecule has 5 nitrogen and oxygen atoms in total. The monoisotopic (exact) mass is 570 g/mol. The van der Waals surface area contributed by atoms with E-state index in [1.807, 2.05) is 12.1 Å². The summed E-state index contributed by atoms with van der Waals surface area (Å²) in [6.45, 7) is 6.41. The van der Waals surface area contributed by atoms with Crippen LogP contribution in [0.5, 0.6) is 0 Å². The fraction of sp³-hybridized carbons (Fsp3) is 0.421. The van der Waals surface area contributed by atoms with E-state index < -0.39 is 0 Å². The van der Waals surface area contributed by atoms with Gasteiger partial charge in [0.05, 0.1) is 11.6 Å². The molecule has 0 spiro atoms. The van der Waals surface area contributed by atoms with Gasteiger partial charge in [-0.3, -0.25) is 14.6 Å². The molecule has 3 aromatic carbocycles. The van der Waals surface area contributed by atoms with Crippen LogP contribution in [0.4, 0.5) is 0 Å². The average molecular weight is 571 g/mol. The molecular weight excluding hydrogens is 528 g/mol. The Morgan fingerprint density at radius 2 is 1.58 bits per heavy atom. The summed E-state index contributed by atoms with van der Waals surface area (Å²) in [6, 6.07) is 28.0. The molecule has 1 atom stereocenters. The van der Waals surface area contributed by atoms with Crippen molar-refractivity contribution >= 4 is 16.7 Å². The Labute approximate surface area is 255 Å². The van der Waals surface area contributed by atoms with Crippen LogP contribution in [0.15, 0.2) is 72.8 Å². The largest absolute Gasteiger partial charge is 0.346 e. The first kappa shape index (κ1) is 28.1. The van der Waals surface area contributed by atoms with Crippen molar-refractivity contribution in [1.82, 2.24) is 14.4 Å². The highest BCUT2D eigenvalue weighted by Gasteiger charge is 2.34. The molecule has 220 valence electrons. The summed E-state index contributed by atoms with van der Waals surface area (Å²) in [5.74, 6) is 1.78. The zero-order valence-electron chi connectivity index (χ0n) is 25.3. The van der Waals surface area contributed by atoms with E-state index in [0.717, 1.165) is 75.9 Å². The minimum Gasteiger partial charge on any atom is -0.346 e. The second kappa shape index (κ2) is 12.1. The summed E-state index contributed by atoms with van der Waals surface area (Å²) >= 11 is 0. The second-order valence-electron chi connectivity index (χ2n) is 13.3. The van der Waals surface area contributed by atoms with Crippen molar-refractivity contribution in [3.8, 4) is 6.07 Å². The Bertz CT molecular complexity index is 1650. The van der Waals surface area contributed by atoms with Gasteiger partial charge in [0, 0.05) is 48.2 Å². The number of benzene rings is 3. The third kappa shape index (κ3) is 5.92. The van der Waals surface area contributed by atoms with Gasteiger partial charge in [0.25, 0.3) is 0 Å². The van der Waals surface area contributed by atoms with Gasteiger partial charge in [-0.2, -0.15) is 5.26 Å². The van der Waals surface area contributed by atoms with Gasteiger partial charge in [-0.15, -0.1) is 0 Å². The van der Waals surface area contributed by atoms with Gasteiger partial charge in [-0.25, -0.2) is 0 Å². The molecule has 43 heavy (non-hydrogen) atoms. The van der Waals surface area contributed by atoms with Crippen LogP contribution in [-0.4, -0.2) is 46.3 Å². The van der Waals surface area contributed by atoms with Crippen LogP contribution < -0.4 is 0 Å². The molecule has 2 fully saturated rings. The molecule has 0 bridgehead atoms. The molecule has 3 aliphatic rings. The lowest BCUT2D eigenvalue weighted by molar-refractivity contribution is 0.0895. The van der Waals surface area contributed by atoms with Crippen LogP contribution in [0.3, 0.4) is 0 Å². The summed E-state index contributed by atoms with van der Waals surface area (Å²) in [7, 11) is 2.13. The summed E-state index contributed by atoms with van der Waals surface area (Å²) in [4.78, 5) is 18.5. The number of nitriles is 1. The zero-order valence-corrected chi connectivity index (χ0v) is 25.3. The lowest BCUT2D eigenvalue weighted by Gasteiger charge is -2.33. The standard InChI is InChI=1S/C38H42N4O/c1-40-35(23-33-20-29(24-39)7-10-37(33)40)26-42-17-13-30(14-18-42)31-8-9-36-32(21-31)22-34(38(36)43)19-27-11-15-41(16-12-27)25-28-5-3-2-4-6-28/h2-10,20-21,23,27,30,34H,11-19,22,25-26H2,1H3. The summed E-state index contributed by atoms with van der Waals surface area (Å²) in [6.07, 6.45) is 6.69. The zero-order chi connectivity index (χ0) is 29.3. The van der Waals surface area contributed by atoms with Crippen molar-refractivity contribution in [3.63, 3.8) is 0 Å². The molecule has 5 heteroatoms. The minimum absolute atomic E-state index is 0.169. The molecule has 0 saturated carbocycles. The number of carbonyl (C=O) groups is 1. The number of likely N-dealkylation sites (tertiary alicyclic amines) is 2. The van der Waals surface area contributed by atoms with Crippen LogP contribution in [-0.2, 0) is 26.6 Å². The topological polar surface area (TPSA) is 52.3 Å². The van der Waals surface area contributed by atoms with Gasteiger partial charge in [0.2, 0.25) is 0 Å². The van der Waals surface area contributed by atoms with Crippen LogP contribution >= 0.6 is 0 Å². The Morgan fingerprint density at radius 3 is 2.35 bits per heavy atom. The Morgan fingerprint density at radius 1 is 0.837 bits per heavy atom. The number of hydrogen-bond donors (Lipinski definition) is 0. The predicted molar refractivity (Wildman–Crippen MR) is 172 cm³/mol. The van der Waals surface area contributed by atoms with Crippen molar-refractivity contribution in [2.24, 2.45) is 18.9 Å². The first-order valence-corrected chi connectivity index (χ1v) is 16.2. The Hall–Kier alpha value is -3.72. The molecule has 0 amide bonds. The molecule has 1 unspecified atom stereocenters. The van der Waals surface area contributed by atoms with E-state index in [1.54, 1.807) is 0 Å². The van der Waals surface area contributed by atoms with E-state index in [9.17, 15) is 10.1 Å². The SMILES string of the molecule is Cn1c(CN2CCC(c3ccc4c(c3)CC(CC3CCN(Cc5ccccc5)CC3)C4=O)CC2)cc2cc(C#N)ccc21. The van der Waals surface area contributed by atoms with E-state index >= 15 is 0 Å². The molecule has 2 saturated heterocycles. The molecule has 1 aromatic heterocycles. The number of piperidine rings is 2. The normalized spacial score (nSPS) is 20.5. The molecule has 1 aliphatic carbocycles. The van der Waals surface area contributed by atoms with Crippen molar-refractivity contribution < 1.29 is 4.79 Å². The first-order valence-electron chi connectivity index (χ1n) is 16.2. The van der Waals surface area contributed by atoms with Gasteiger partial charge in [0.1, 0.15) is 0 Å². The van der Waals surface area contributed by atoms with Crippen molar-refractivity contribution in [3.05, 3.63) is 106 Å². The van der Waals surface area contributed by atoms with Crippen LogP contribution in [0.2, 0.25) is 0 Å². The third-order valence-corrected chi connectivity index (χ3v) is 10.5. The number of hydrogen-bond acceptors (Lipinski definition) is 4. The Balaban J connectivity index is 0.918. The van der Waals surface area contributed by atoms with Crippen molar-refractivity contribution in [2.75, 3.05) is 26.2 Å². The van der Waals surface area contributed by atoms with E-state index in [-0.39, 0.29) is 5.92 Å². The maximum absolute atomic E-state index is 13.4. The molecule has 0 radical (unpaired) electrons. The second-order valence-corrected chi connectivity index (χ2v) is 13.3. The number of ketones is 1. The molecule has 4 aromatic rings. The smallest absolute Gasteiger partial charge is 0.166 e. The number of Topliss-reactive ketones (excluding diaryl/α,β-unsaturated/α-hetero) is 1. The summed E-state index contributed by atoms with van der Waals surface area (Å²) in [5.41, 5.74) is 8.30. The van der Waals surface area contributed by atoms with Crippen LogP contribution in [0, 0.1) is 23.2 Å². The predicted octanol–water partition coefficient (Wildman–Crippen LogP) is 7.09. The number of aryl methyl sites for hydroxylation is 1. The number of rotatable bonds is 7. The number of nitrogens with zero attached hydrogens (tertiary/aromatic N) is 4. The van der Waals surface area contributed by atoms with E-state index in [1.165, 1.54) is 40.7 Å². The van der Waals surface area contributed by atoms with E-state index in [2.05, 4.69) is 88.1 Å². The van der Waals surface area contributed by atoms with Crippen LogP contribution in [0.1, 0.15) is 76.3 Å². The number of carbonyl (C=O) groups excluding carboxylic acids is 1. The average Bonchev–Trinajstić information content (AvgIpc) is 3.52. The fourth-order valence-corrected chi connectivity index (χ4v) is 7.95. The number of aromatic nitrogens is 1. The lowest BCUT2D eigenvalue weighted by Crippen LogP contribution is -2.34. The highest BCUT2D eigenvalue weighted by atomic mass is 16.1. The fourth-order valence-electron chi connectivity index (χ4n) is 7.95. The van der Waals surface area contributed by atoms with E-state index in [4.69, 9.17) is 0 Å². The number of fused-ring (bicyclic) bond motifs is 2. The summed E-state index contributed by atoms with van der Waals surface area (Å²) < 4.78 is 2.27. The molecule has 0 N–H and O–H groups in total. The quantitative estimate of drug-likeness (QED) is 0.238. The van der Waals surface area contributed by atoms with E-state index in [0.29, 0.717) is 23.2 Å². The third-order valence-electron chi connectivity index (χ3n) is 10.5. The molecule has 3 heterocycles. The van der Waals surface area contributed by atoms with Gasteiger partial charge in [0.15, 0.2) is 5.78 Å². The maximum Gasteiger partial charge on any atom is 0.166 e. The highest BCUT2D eigenvalue weighted by Crippen LogP contribution is 2.37. The minimum atomic E-state index is 0.169. The summed E-state index contributed by atoms with van der Waals surface area (Å²) in [5, 5.41) is 10.4. The van der Waals surface area contributed by atoms with Gasteiger partial charge in [-0.1, -0.05) is 48.5 Å². The maximum atomic E-state index is 13.4. The first-order chi connectivity index (χ1) is 21.0. The van der Waals surface area contributed by atoms with Crippen molar-refractivity contribution in [1.29, 1.82) is 5.26 Å². The van der Waals surface area contributed by atoms with Gasteiger partial charge >= 0.3 is 0 Å². The molecule has 7 rings (SSSR count). The molecule has 2 aliphatic heterocycles. The highest BCUT2D eigenvalue weighted by molar-refractivity contribution is 6.02. The van der Waals surface area contributed by atoms with Crippen LogP contribution in [0.25, 0.3) is 10.9 Å². The van der Waals surface area contributed by atoms with Gasteiger partial charge < -0.3 is 4.57 Å².